The highest BCUT2D eigenvalue weighted by Gasteiger charge is 2.21. The highest BCUT2D eigenvalue weighted by atomic mass is 32.1. The van der Waals surface area contributed by atoms with E-state index in [0.717, 1.165) is 12.1 Å². The summed E-state index contributed by atoms with van der Waals surface area (Å²) in [7, 11) is 0. The SMILES string of the molecule is c1ccc(-c2ccc3c(c2)-c2cc4c(ccc5sc6ccccc6c54)cc2C3)nc1. The van der Waals surface area contributed by atoms with E-state index in [0.29, 0.717) is 0 Å². The Bertz CT molecular complexity index is 1610. The molecule has 0 atom stereocenters. The molecule has 4 aromatic carbocycles. The van der Waals surface area contributed by atoms with Crippen LogP contribution in [0.15, 0.2) is 91.1 Å². The average Bonchev–Trinajstić information content (AvgIpc) is 3.35. The van der Waals surface area contributed by atoms with Crippen LogP contribution in [0.5, 0.6) is 0 Å². The molecule has 2 aromatic heterocycles. The van der Waals surface area contributed by atoms with E-state index in [1.165, 1.54) is 58.8 Å². The molecule has 0 fully saturated rings. The van der Waals surface area contributed by atoms with Gasteiger partial charge in [-0.15, -0.1) is 11.3 Å². The van der Waals surface area contributed by atoms with E-state index in [2.05, 4.69) is 83.8 Å². The lowest BCUT2D eigenvalue weighted by Crippen LogP contribution is -1.85. The normalized spacial score (nSPS) is 12.5. The Morgan fingerprint density at radius 3 is 2.50 bits per heavy atom. The molecular formula is C28H17NS. The van der Waals surface area contributed by atoms with E-state index in [4.69, 9.17) is 0 Å². The topological polar surface area (TPSA) is 12.9 Å². The van der Waals surface area contributed by atoms with Gasteiger partial charge in [-0.3, -0.25) is 4.98 Å². The highest BCUT2D eigenvalue weighted by molar-refractivity contribution is 7.26. The monoisotopic (exact) mass is 399 g/mol. The molecule has 0 unspecified atom stereocenters. The third-order valence-electron chi connectivity index (χ3n) is 6.32. The van der Waals surface area contributed by atoms with Crippen LogP contribution >= 0.6 is 11.3 Å². The molecule has 6 aromatic rings. The second-order valence-corrected chi connectivity index (χ2v) is 9.11. The molecule has 7 rings (SSSR count). The number of fused-ring (bicyclic) bond motifs is 8. The molecular weight excluding hydrogens is 382 g/mol. The van der Waals surface area contributed by atoms with Gasteiger partial charge in [0.1, 0.15) is 0 Å². The van der Waals surface area contributed by atoms with Gasteiger partial charge in [-0.2, -0.15) is 0 Å². The molecule has 1 aliphatic rings. The third kappa shape index (κ3) is 2.25. The van der Waals surface area contributed by atoms with Gasteiger partial charge in [0.2, 0.25) is 0 Å². The first-order valence-corrected chi connectivity index (χ1v) is 11.1. The first-order valence-electron chi connectivity index (χ1n) is 10.3. The van der Waals surface area contributed by atoms with Crippen molar-refractivity contribution >= 4 is 42.3 Å². The minimum absolute atomic E-state index is 1.01. The van der Waals surface area contributed by atoms with Crippen molar-refractivity contribution in [3.63, 3.8) is 0 Å². The first-order chi connectivity index (χ1) is 14.8. The number of rotatable bonds is 1. The summed E-state index contributed by atoms with van der Waals surface area (Å²) < 4.78 is 2.72. The Balaban J connectivity index is 1.52. The van der Waals surface area contributed by atoms with E-state index in [1.54, 1.807) is 0 Å². The Labute approximate surface area is 178 Å². The number of hydrogen-bond donors (Lipinski definition) is 0. The smallest absolute Gasteiger partial charge is 0.0702 e. The molecule has 30 heavy (non-hydrogen) atoms. The van der Waals surface area contributed by atoms with Gasteiger partial charge < -0.3 is 0 Å². The van der Waals surface area contributed by atoms with Gasteiger partial charge in [0.15, 0.2) is 0 Å². The van der Waals surface area contributed by atoms with E-state index < -0.39 is 0 Å². The molecule has 0 spiro atoms. The summed E-state index contributed by atoms with van der Waals surface area (Å²) in [4.78, 5) is 4.55. The number of hydrogen-bond acceptors (Lipinski definition) is 2. The summed E-state index contributed by atoms with van der Waals surface area (Å²) in [5, 5.41) is 5.45. The molecule has 2 heterocycles. The fourth-order valence-electron chi connectivity index (χ4n) is 4.92. The zero-order valence-electron chi connectivity index (χ0n) is 16.2. The van der Waals surface area contributed by atoms with Gasteiger partial charge in [-0.05, 0) is 75.8 Å². The summed E-state index contributed by atoms with van der Waals surface area (Å²) in [6, 6.07) is 31.1. The lowest BCUT2D eigenvalue weighted by atomic mass is 9.96. The number of pyridine rings is 1. The lowest BCUT2D eigenvalue weighted by Gasteiger charge is -2.08. The summed E-state index contributed by atoms with van der Waals surface area (Å²) in [6.45, 7) is 0. The molecule has 0 saturated heterocycles. The number of benzene rings is 4. The van der Waals surface area contributed by atoms with Crippen LogP contribution in [-0.4, -0.2) is 4.98 Å². The fraction of sp³-hybridized carbons (Fsp3) is 0.0357. The molecule has 0 aliphatic heterocycles. The van der Waals surface area contributed by atoms with Gasteiger partial charge in [0.05, 0.1) is 5.69 Å². The van der Waals surface area contributed by atoms with Crippen molar-refractivity contribution in [2.24, 2.45) is 0 Å². The summed E-state index contributed by atoms with van der Waals surface area (Å²) >= 11 is 1.89. The van der Waals surface area contributed by atoms with Crippen molar-refractivity contribution in [1.29, 1.82) is 0 Å². The zero-order chi connectivity index (χ0) is 19.7. The second kappa shape index (κ2) is 6.01. The number of nitrogens with zero attached hydrogens (tertiary/aromatic N) is 1. The highest BCUT2D eigenvalue weighted by Crippen LogP contribution is 2.44. The van der Waals surface area contributed by atoms with Crippen LogP contribution in [-0.2, 0) is 6.42 Å². The Hall–Kier alpha value is -3.49. The van der Waals surface area contributed by atoms with Crippen molar-refractivity contribution in [2.45, 2.75) is 6.42 Å². The Morgan fingerprint density at radius 1 is 0.667 bits per heavy atom. The van der Waals surface area contributed by atoms with Gasteiger partial charge >= 0.3 is 0 Å². The molecule has 1 aliphatic carbocycles. The fourth-order valence-corrected chi connectivity index (χ4v) is 6.04. The largest absolute Gasteiger partial charge is 0.256 e. The molecule has 0 bridgehead atoms. The van der Waals surface area contributed by atoms with Crippen LogP contribution < -0.4 is 0 Å². The standard InChI is InChI=1S/C28H17NS/c1-2-7-26-21(5-1)28-24-16-23-20(14-18(24)10-11-27(28)30-26)13-17-8-9-19(15-22(17)23)25-6-3-4-12-29-25/h1-12,14-16H,13H2. The molecule has 0 N–H and O–H groups in total. The minimum atomic E-state index is 1.01. The van der Waals surface area contributed by atoms with Crippen molar-refractivity contribution in [2.75, 3.05) is 0 Å². The third-order valence-corrected chi connectivity index (χ3v) is 7.46. The molecule has 140 valence electrons. The lowest BCUT2D eigenvalue weighted by molar-refractivity contribution is 1.26. The molecule has 0 radical (unpaired) electrons. The average molecular weight is 400 g/mol. The van der Waals surface area contributed by atoms with Crippen LogP contribution in [0.2, 0.25) is 0 Å². The predicted octanol–water partition coefficient (Wildman–Crippen LogP) is 7.84. The molecule has 0 saturated carbocycles. The van der Waals surface area contributed by atoms with Gasteiger partial charge in [0, 0.05) is 31.9 Å². The van der Waals surface area contributed by atoms with Crippen molar-refractivity contribution in [1.82, 2.24) is 4.98 Å². The Kier molecular flexibility index (Phi) is 3.27. The maximum Gasteiger partial charge on any atom is 0.0702 e. The minimum Gasteiger partial charge on any atom is -0.256 e. The van der Waals surface area contributed by atoms with Gasteiger partial charge in [-0.25, -0.2) is 0 Å². The summed E-state index contributed by atoms with van der Waals surface area (Å²) in [5.74, 6) is 0. The van der Waals surface area contributed by atoms with Crippen molar-refractivity contribution in [3.8, 4) is 22.4 Å². The molecule has 1 nitrogen and oxygen atoms in total. The number of thiophene rings is 1. The quantitative estimate of drug-likeness (QED) is 0.274. The van der Waals surface area contributed by atoms with Crippen molar-refractivity contribution < 1.29 is 0 Å². The van der Waals surface area contributed by atoms with Gasteiger partial charge in [0.25, 0.3) is 0 Å². The maximum absolute atomic E-state index is 4.55. The maximum atomic E-state index is 4.55. The number of aromatic nitrogens is 1. The first kappa shape index (κ1) is 16.3. The van der Waals surface area contributed by atoms with Crippen LogP contribution in [0.3, 0.4) is 0 Å². The second-order valence-electron chi connectivity index (χ2n) is 8.03. The molecule has 2 heteroatoms. The van der Waals surface area contributed by atoms with Crippen LogP contribution in [0.25, 0.3) is 53.3 Å². The Morgan fingerprint density at radius 2 is 1.57 bits per heavy atom. The van der Waals surface area contributed by atoms with E-state index >= 15 is 0 Å². The summed E-state index contributed by atoms with van der Waals surface area (Å²) in [5.41, 5.74) is 7.77. The van der Waals surface area contributed by atoms with E-state index in [9.17, 15) is 0 Å². The zero-order valence-corrected chi connectivity index (χ0v) is 17.0. The van der Waals surface area contributed by atoms with Gasteiger partial charge in [-0.1, -0.05) is 48.5 Å². The van der Waals surface area contributed by atoms with E-state index in [1.807, 2.05) is 23.6 Å². The van der Waals surface area contributed by atoms with Crippen LogP contribution in [0.4, 0.5) is 0 Å². The predicted molar refractivity (Wildman–Crippen MR) is 128 cm³/mol. The molecule has 0 amide bonds. The van der Waals surface area contributed by atoms with Crippen LogP contribution in [0.1, 0.15) is 11.1 Å². The van der Waals surface area contributed by atoms with Crippen molar-refractivity contribution in [3.05, 3.63) is 102 Å². The summed E-state index contributed by atoms with van der Waals surface area (Å²) in [6.07, 6.45) is 2.87. The van der Waals surface area contributed by atoms with Crippen LogP contribution in [0, 0.1) is 0 Å². The van der Waals surface area contributed by atoms with E-state index in [-0.39, 0.29) is 0 Å².